The molecule has 2 atom stereocenters. The Morgan fingerprint density at radius 1 is 1.37 bits per heavy atom. The Kier molecular flexibility index (Phi) is 2.03. The highest BCUT2D eigenvalue weighted by Crippen LogP contribution is 2.64. The van der Waals surface area contributed by atoms with Gasteiger partial charge in [0.05, 0.1) is 11.0 Å². The van der Waals surface area contributed by atoms with E-state index in [9.17, 15) is 9.90 Å². The van der Waals surface area contributed by atoms with Crippen LogP contribution in [0.15, 0.2) is 6.33 Å². The van der Waals surface area contributed by atoms with Gasteiger partial charge in [-0.3, -0.25) is 4.79 Å². The molecule has 1 aromatic rings. The minimum absolute atomic E-state index is 0.0796. The lowest BCUT2D eigenvalue weighted by molar-refractivity contribution is -0.173. The van der Waals surface area contributed by atoms with Gasteiger partial charge in [0, 0.05) is 0 Å². The molecule has 1 heterocycles. The van der Waals surface area contributed by atoms with Crippen molar-refractivity contribution in [3.63, 3.8) is 0 Å². The Balaban J connectivity index is 1.80. The predicted octanol–water partition coefficient (Wildman–Crippen LogP) is 1.97. The van der Waals surface area contributed by atoms with Crippen LogP contribution in [0.25, 0.3) is 0 Å². The molecule has 1 aromatic heterocycles. The van der Waals surface area contributed by atoms with Crippen molar-refractivity contribution in [2.24, 2.45) is 17.3 Å². The van der Waals surface area contributed by atoms with Gasteiger partial charge < -0.3 is 5.11 Å². The predicted molar refractivity (Wildman–Crippen MR) is 67.5 cm³/mol. The van der Waals surface area contributed by atoms with Crippen LogP contribution >= 0.6 is 0 Å². The maximum atomic E-state index is 11.8. The zero-order valence-electron chi connectivity index (χ0n) is 11.2. The van der Waals surface area contributed by atoms with Gasteiger partial charge in [-0.25, -0.2) is 9.67 Å². The summed E-state index contributed by atoms with van der Waals surface area (Å²) in [5.74, 6) is 1.30. The Bertz CT molecular complexity index is 537. The molecule has 0 saturated heterocycles. The van der Waals surface area contributed by atoms with Crippen molar-refractivity contribution >= 4 is 5.97 Å². The minimum Gasteiger partial charge on any atom is -0.481 e. The van der Waals surface area contributed by atoms with Crippen LogP contribution < -0.4 is 0 Å². The molecule has 0 aliphatic heterocycles. The smallest absolute Gasteiger partial charge is 0.309 e. The third kappa shape index (κ3) is 1.44. The van der Waals surface area contributed by atoms with Gasteiger partial charge in [-0.1, -0.05) is 0 Å². The van der Waals surface area contributed by atoms with E-state index in [0.29, 0.717) is 11.8 Å². The van der Waals surface area contributed by atoms with Crippen molar-refractivity contribution in [3.05, 3.63) is 12.2 Å². The first-order valence-corrected chi connectivity index (χ1v) is 7.14. The van der Waals surface area contributed by atoms with Gasteiger partial charge in [0.15, 0.2) is 0 Å². The molecule has 102 valence electrons. The summed E-state index contributed by atoms with van der Waals surface area (Å²) in [6, 6.07) is 0. The molecule has 5 heteroatoms. The first kappa shape index (κ1) is 11.4. The van der Waals surface area contributed by atoms with Crippen LogP contribution in [0.3, 0.4) is 0 Å². The summed E-state index contributed by atoms with van der Waals surface area (Å²) in [5.41, 5.74) is -0.576. The van der Waals surface area contributed by atoms with Crippen LogP contribution in [-0.4, -0.2) is 25.8 Å². The molecule has 5 rings (SSSR count). The maximum Gasteiger partial charge on any atom is 0.309 e. The van der Waals surface area contributed by atoms with E-state index in [0.717, 1.165) is 37.9 Å². The van der Waals surface area contributed by atoms with E-state index in [1.165, 1.54) is 6.42 Å². The van der Waals surface area contributed by atoms with Crippen LogP contribution in [0.5, 0.6) is 0 Å². The van der Waals surface area contributed by atoms with Gasteiger partial charge in [0.1, 0.15) is 12.2 Å². The number of aromatic nitrogens is 3. The number of rotatable bonds is 2. The average Bonchev–Trinajstić information content (AvgIpc) is 2.74. The summed E-state index contributed by atoms with van der Waals surface area (Å²) in [7, 11) is 0. The first-order chi connectivity index (χ1) is 9.01. The normalized spacial score (nSPS) is 43.6. The van der Waals surface area contributed by atoms with E-state index in [1.807, 2.05) is 11.6 Å². The van der Waals surface area contributed by atoms with Crippen molar-refractivity contribution in [1.29, 1.82) is 0 Å². The second kappa shape index (κ2) is 3.38. The van der Waals surface area contributed by atoms with Gasteiger partial charge >= 0.3 is 5.97 Å². The van der Waals surface area contributed by atoms with Gasteiger partial charge in [-0.05, 0) is 57.3 Å². The second-order valence-electron chi connectivity index (χ2n) is 7.01. The number of hydrogen-bond donors (Lipinski definition) is 1. The van der Waals surface area contributed by atoms with Crippen LogP contribution in [-0.2, 0) is 10.3 Å². The number of carboxylic acids is 1. The molecule has 0 radical (unpaired) electrons. The van der Waals surface area contributed by atoms with E-state index in [1.54, 1.807) is 6.33 Å². The van der Waals surface area contributed by atoms with Crippen LogP contribution in [0.1, 0.15) is 44.3 Å². The Morgan fingerprint density at radius 3 is 2.58 bits per heavy atom. The van der Waals surface area contributed by atoms with Gasteiger partial charge in [-0.15, -0.1) is 0 Å². The van der Waals surface area contributed by atoms with Gasteiger partial charge in [-0.2, -0.15) is 5.10 Å². The molecule has 4 fully saturated rings. The van der Waals surface area contributed by atoms with Gasteiger partial charge in [0.25, 0.3) is 0 Å². The highest BCUT2D eigenvalue weighted by Gasteiger charge is 2.62. The molecule has 19 heavy (non-hydrogen) atoms. The number of carboxylic acid groups (broad SMARTS) is 1. The van der Waals surface area contributed by atoms with E-state index in [2.05, 4.69) is 10.1 Å². The number of aryl methyl sites for hydroxylation is 1. The average molecular weight is 261 g/mol. The number of hydrogen-bond acceptors (Lipinski definition) is 3. The fraction of sp³-hybridized carbons (Fsp3) is 0.786. The lowest BCUT2D eigenvalue weighted by Gasteiger charge is -2.60. The molecule has 4 aliphatic rings. The fourth-order valence-electron chi connectivity index (χ4n) is 5.31. The van der Waals surface area contributed by atoms with E-state index < -0.39 is 11.4 Å². The van der Waals surface area contributed by atoms with Crippen molar-refractivity contribution in [1.82, 2.24) is 14.8 Å². The lowest BCUT2D eigenvalue weighted by Crippen LogP contribution is -2.59. The van der Waals surface area contributed by atoms with Crippen molar-refractivity contribution in [2.45, 2.75) is 51.0 Å². The second-order valence-corrected chi connectivity index (χ2v) is 7.01. The number of carbonyl (C=O) groups is 1. The molecule has 4 bridgehead atoms. The fourth-order valence-corrected chi connectivity index (χ4v) is 5.31. The summed E-state index contributed by atoms with van der Waals surface area (Å²) in [6.07, 6.45) is 7.67. The van der Waals surface area contributed by atoms with Crippen molar-refractivity contribution in [3.8, 4) is 0 Å². The Labute approximate surface area is 112 Å². The first-order valence-electron chi connectivity index (χ1n) is 7.14. The molecule has 0 amide bonds. The molecular weight excluding hydrogens is 242 g/mol. The molecule has 5 nitrogen and oxygen atoms in total. The van der Waals surface area contributed by atoms with Crippen molar-refractivity contribution < 1.29 is 9.90 Å². The van der Waals surface area contributed by atoms with Crippen molar-refractivity contribution in [2.75, 3.05) is 0 Å². The summed E-state index contributed by atoms with van der Waals surface area (Å²) < 4.78 is 1.98. The van der Waals surface area contributed by atoms with Crippen LogP contribution in [0, 0.1) is 24.2 Å². The molecule has 4 saturated carbocycles. The SMILES string of the molecule is Cc1ncn(C23CC4CC(CC(C(=O)O)(C4)C2)C3)n1. The lowest BCUT2D eigenvalue weighted by atomic mass is 9.47. The van der Waals surface area contributed by atoms with E-state index in [-0.39, 0.29) is 5.54 Å². The van der Waals surface area contributed by atoms with Gasteiger partial charge in [0.2, 0.25) is 0 Å². The molecule has 0 spiro atoms. The summed E-state index contributed by atoms with van der Waals surface area (Å²) in [4.78, 5) is 16.0. The summed E-state index contributed by atoms with van der Waals surface area (Å²) >= 11 is 0. The van der Waals surface area contributed by atoms with E-state index in [4.69, 9.17) is 0 Å². The molecule has 1 N–H and O–H groups in total. The summed E-state index contributed by atoms with van der Waals surface area (Å²) in [6.45, 7) is 1.89. The Hall–Kier alpha value is -1.39. The largest absolute Gasteiger partial charge is 0.481 e. The highest BCUT2D eigenvalue weighted by molar-refractivity contribution is 5.75. The zero-order valence-corrected chi connectivity index (χ0v) is 11.2. The third-order valence-corrected chi connectivity index (χ3v) is 5.58. The van der Waals surface area contributed by atoms with Crippen LogP contribution in [0.2, 0.25) is 0 Å². The number of aliphatic carboxylic acids is 1. The summed E-state index contributed by atoms with van der Waals surface area (Å²) in [5, 5.41) is 14.2. The number of nitrogens with zero attached hydrogens (tertiary/aromatic N) is 3. The third-order valence-electron chi connectivity index (χ3n) is 5.58. The molecular formula is C14H19N3O2. The Morgan fingerprint density at radius 2 is 2.05 bits per heavy atom. The molecule has 2 unspecified atom stereocenters. The highest BCUT2D eigenvalue weighted by atomic mass is 16.4. The minimum atomic E-state index is -0.595. The zero-order chi connectivity index (χ0) is 13.3. The van der Waals surface area contributed by atoms with Crippen LogP contribution in [0.4, 0.5) is 0 Å². The molecule has 4 aliphatic carbocycles. The maximum absolute atomic E-state index is 11.8. The van der Waals surface area contributed by atoms with E-state index >= 15 is 0 Å². The quantitative estimate of drug-likeness (QED) is 0.883. The topological polar surface area (TPSA) is 68.0 Å². The molecule has 0 aromatic carbocycles. The standard InChI is InChI=1S/C14H19N3O2/c1-9-15-8-17(16-9)14-5-10-2-11(6-14)4-13(3-10,7-14)12(18)19/h8,10-11H,2-7H2,1H3,(H,18,19). The monoisotopic (exact) mass is 261 g/mol.